The van der Waals surface area contributed by atoms with Crippen LogP contribution < -0.4 is 15.0 Å². The third-order valence-corrected chi connectivity index (χ3v) is 5.24. The van der Waals surface area contributed by atoms with Gasteiger partial charge in [-0.3, -0.25) is 9.69 Å². The first-order valence-corrected chi connectivity index (χ1v) is 9.80. The molecule has 1 fully saturated rings. The number of amides is 1. The number of nitrogens with one attached hydrogen (secondary N) is 1. The van der Waals surface area contributed by atoms with Gasteiger partial charge in [-0.2, -0.15) is 0 Å². The van der Waals surface area contributed by atoms with Crippen LogP contribution in [0.2, 0.25) is 5.02 Å². The molecule has 1 aliphatic rings. The van der Waals surface area contributed by atoms with Crippen LogP contribution in [0.5, 0.6) is 5.75 Å². The van der Waals surface area contributed by atoms with E-state index >= 15 is 0 Å². The fourth-order valence-corrected chi connectivity index (χ4v) is 3.66. The van der Waals surface area contributed by atoms with Gasteiger partial charge < -0.3 is 15.0 Å². The van der Waals surface area contributed by atoms with Gasteiger partial charge in [0.1, 0.15) is 11.6 Å². The molecule has 28 heavy (non-hydrogen) atoms. The maximum atomic E-state index is 13.8. The molecule has 2 aromatic carbocycles. The van der Waals surface area contributed by atoms with Crippen LogP contribution in [0.1, 0.15) is 16.8 Å². The van der Waals surface area contributed by atoms with Crippen molar-refractivity contribution in [3.05, 3.63) is 58.9 Å². The number of halogens is 2. The monoisotopic (exact) mass is 405 g/mol. The van der Waals surface area contributed by atoms with E-state index in [9.17, 15) is 9.18 Å². The SMILES string of the molecule is COc1ccccc1N1CCN(CCCNC(=O)c2c(F)cccc2Cl)CC1. The molecule has 0 saturated carbocycles. The number of methoxy groups -OCH3 is 1. The zero-order valence-corrected chi connectivity index (χ0v) is 16.7. The van der Waals surface area contributed by atoms with Crippen molar-refractivity contribution in [3.8, 4) is 5.75 Å². The lowest BCUT2D eigenvalue weighted by Crippen LogP contribution is -2.47. The number of carbonyl (C=O) groups excluding carboxylic acids is 1. The third-order valence-electron chi connectivity index (χ3n) is 4.92. The molecule has 0 radical (unpaired) electrons. The fraction of sp³-hybridized carbons (Fsp3) is 0.381. The zero-order valence-electron chi connectivity index (χ0n) is 16.0. The number of anilines is 1. The average Bonchev–Trinajstić information content (AvgIpc) is 2.71. The normalized spacial score (nSPS) is 14.8. The first-order valence-electron chi connectivity index (χ1n) is 9.42. The minimum atomic E-state index is -0.600. The summed E-state index contributed by atoms with van der Waals surface area (Å²) in [4.78, 5) is 16.8. The summed E-state index contributed by atoms with van der Waals surface area (Å²) in [7, 11) is 1.69. The number of benzene rings is 2. The van der Waals surface area contributed by atoms with E-state index in [4.69, 9.17) is 16.3 Å². The summed E-state index contributed by atoms with van der Waals surface area (Å²) >= 11 is 5.92. The first-order chi connectivity index (χ1) is 13.6. The van der Waals surface area contributed by atoms with E-state index in [-0.39, 0.29) is 10.6 Å². The number of nitrogens with zero attached hydrogens (tertiary/aromatic N) is 2. The van der Waals surface area contributed by atoms with Crippen LogP contribution in [-0.2, 0) is 0 Å². The molecule has 0 bridgehead atoms. The highest BCUT2D eigenvalue weighted by atomic mass is 35.5. The second kappa shape index (κ2) is 9.75. The Kier molecular flexibility index (Phi) is 7.12. The summed E-state index contributed by atoms with van der Waals surface area (Å²) in [5.74, 6) is -0.174. The molecule has 1 N–H and O–H groups in total. The summed E-state index contributed by atoms with van der Waals surface area (Å²) in [6.45, 7) is 5.12. The number of carbonyl (C=O) groups is 1. The summed E-state index contributed by atoms with van der Waals surface area (Å²) in [6.07, 6.45) is 0.798. The van der Waals surface area contributed by atoms with Crippen LogP contribution in [0.15, 0.2) is 42.5 Å². The Labute approximate surface area is 170 Å². The predicted molar refractivity (Wildman–Crippen MR) is 110 cm³/mol. The Morgan fingerprint density at radius 2 is 1.89 bits per heavy atom. The number of piperazine rings is 1. The van der Waals surface area contributed by atoms with E-state index in [2.05, 4.69) is 21.2 Å². The number of ether oxygens (including phenoxy) is 1. The van der Waals surface area contributed by atoms with Gasteiger partial charge in [-0.15, -0.1) is 0 Å². The lowest BCUT2D eigenvalue weighted by Gasteiger charge is -2.36. The Balaban J connectivity index is 1.41. The second-order valence-corrected chi connectivity index (χ2v) is 7.11. The molecule has 0 aromatic heterocycles. The van der Waals surface area contributed by atoms with Gasteiger partial charge in [0.15, 0.2) is 0 Å². The Morgan fingerprint density at radius 3 is 2.61 bits per heavy atom. The van der Waals surface area contributed by atoms with Gasteiger partial charge in [-0.1, -0.05) is 29.8 Å². The summed E-state index contributed by atoms with van der Waals surface area (Å²) < 4.78 is 19.2. The lowest BCUT2D eigenvalue weighted by molar-refractivity contribution is 0.0947. The van der Waals surface area contributed by atoms with Gasteiger partial charge in [0.25, 0.3) is 5.91 Å². The molecule has 5 nitrogen and oxygen atoms in total. The van der Waals surface area contributed by atoms with Crippen molar-refractivity contribution in [3.63, 3.8) is 0 Å². The zero-order chi connectivity index (χ0) is 19.9. The van der Waals surface area contributed by atoms with Crippen LogP contribution in [0, 0.1) is 5.82 Å². The molecule has 0 atom stereocenters. The standard InChI is InChI=1S/C21H25ClFN3O2/c1-28-19-9-3-2-8-18(19)26-14-12-25(13-15-26)11-5-10-24-21(27)20-16(22)6-4-7-17(20)23/h2-4,6-9H,5,10-15H2,1H3,(H,24,27). The number of hydrogen-bond acceptors (Lipinski definition) is 4. The highest BCUT2D eigenvalue weighted by Crippen LogP contribution is 2.28. The molecule has 1 amide bonds. The highest BCUT2D eigenvalue weighted by molar-refractivity contribution is 6.33. The van der Waals surface area contributed by atoms with Crippen molar-refractivity contribution < 1.29 is 13.9 Å². The van der Waals surface area contributed by atoms with Crippen molar-refractivity contribution in [2.24, 2.45) is 0 Å². The Hall–Kier alpha value is -2.31. The smallest absolute Gasteiger partial charge is 0.255 e. The van der Waals surface area contributed by atoms with E-state index in [0.29, 0.717) is 6.54 Å². The van der Waals surface area contributed by atoms with Gasteiger partial charge in [-0.25, -0.2) is 4.39 Å². The van der Waals surface area contributed by atoms with Crippen molar-refractivity contribution >= 4 is 23.2 Å². The number of hydrogen-bond donors (Lipinski definition) is 1. The van der Waals surface area contributed by atoms with Crippen molar-refractivity contribution in [1.82, 2.24) is 10.2 Å². The third kappa shape index (κ3) is 4.94. The van der Waals surface area contributed by atoms with Gasteiger partial charge in [0.05, 0.1) is 23.4 Å². The topological polar surface area (TPSA) is 44.8 Å². The quantitative estimate of drug-likeness (QED) is 0.717. The molecule has 0 unspecified atom stereocenters. The van der Waals surface area contributed by atoms with Crippen LogP contribution in [-0.4, -0.2) is 57.2 Å². The summed E-state index contributed by atoms with van der Waals surface area (Å²) in [5, 5.41) is 2.88. The molecule has 1 saturated heterocycles. The summed E-state index contributed by atoms with van der Waals surface area (Å²) in [5.41, 5.74) is 1.04. The maximum Gasteiger partial charge on any atom is 0.255 e. The Bertz CT molecular complexity index is 790. The second-order valence-electron chi connectivity index (χ2n) is 6.71. The van der Waals surface area contributed by atoms with E-state index in [1.165, 1.54) is 18.2 Å². The van der Waals surface area contributed by atoms with Gasteiger partial charge in [0.2, 0.25) is 0 Å². The molecule has 0 spiro atoms. The molecular weight excluding hydrogens is 381 g/mol. The first kappa shape index (κ1) is 20.4. The van der Waals surface area contributed by atoms with Crippen molar-refractivity contribution in [2.45, 2.75) is 6.42 Å². The Morgan fingerprint density at radius 1 is 1.14 bits per heavy atom. The van der Waals surface area contributed by atoms with E-state index in [0.717, 1.165) is 50.6 Å². The minimum absolute atomic E-state index is 0.0883. The van der Waals surface area contributed by atoms with Gasteiger partial charge in [-0.05, 0) is 37.2 Å². The predicted octanol–water partition coefficient (Wildman–Crippen LogP) is 3.43. The molecule has 1 aliphatic heterocycles. The molecule has 150 valence electrons. The van der Waals surface area contributed by atoms with E-state index in [1.807, 2.05) is 18.2 Å². The van der Waals surface area contributed by atoms with E-state index < -0.39 is 11.7 Å². The van der Waals surface area contributed by atoms with Crippen LogP contribution in [0.3, 0.4) is 0 Å². The highest BCUT2D eigenvalue weighted by Gasteiger charge is 2.19. The van der Waals surface area contributed by atoms with Crippen LogP contribution in [0.25, 0.3) is 0 Å². The van der Waals surface area contributed by atoms with Crippen molar-refractivity contribution in [2.75, 3.05) is 51.3 Å². The molecule has 0 aliphatic carbocycles. The maximum absolute atomic E-state index is 13.8. The molecule has 3 rings (SSSR count). The minimum Gasteiger partial charge on any atom is -0.495 e. The molecule has 2 aromatic rings. The average molecular weight is 406 g/mol. The molecule has 1 heterocycles. The van der Waals surface area contributed by atoms with Gasteiger partial charge in [0, 0.05) is 32.7 Å². The lowest BCUT2D eigenvalue weighted by atomic mass is 10.2. The fourth-order valence-electron chi connectivity index (χ4n) is 3.41. The van der Waals surface area contributed by atoms with Gasteiger partial charge >= 0.3 is 0 Å². The number of para-hydroxylation sites is 2. The molecule has 7 heteroatoms. The molecular formula is C21H25ClFN3O2. The van der Waals surface area contributed by atoms with E-state index in [1.54, 1.807) is 7.11 Å². The summed E-state index contributed by atoms with van der Waals surface area (Å²) in [6, 6.07) is 12.3. The van der Waals surface area contributed by atoms with Crippen LogP contribution >= 0.6 is 11.6 Å². The largest absolute Gasteiger partial charge is 0.495 e. The van der Waals surface area contributed by atoms with Crippen molar-refractivity contribution in [1.29, 1.82) is 0 Å². The van der Waals surface area contributed by atoms with Crippen LogP contribution in [0.4, 0.5) is 10.1 Å². The number of rotatable bonds is 7.